The second-order valence-electron chi connectivity index (χ2n) is 5.32. The summed E-state index contributed by atoms with van der Waals surface area (Å²) >= 11 is 0. The van der Waals surface area contributed by atoms with E-state index in [2.05, 4.69) is 5.32 Å². The summed E-state index contributed by atoms with van der Waals surface area (Å²) in [6.07, 6.45) is 1.94. The summed E-state index contributed by atoms with van der Waals surface area (Å²) in [6.45, 7) is 9.02. The van der Waals surface area contributed by atoms with Crippen LogP contribution >= 0.6 is 0 Å². The molecule has 0 aliphatic rings. The molecule has 0 heterocycles. The fourth-order valence-corrected chi connectivity index (χ4v) is 2.75. The van der Waals surface area contributed by atoms with E-state index in [1.165, 1.54) is 4.31 Å². The van der Waals surface area contributed by atoms with Crippen molar-refractivity contribution in [2.45, 2.75) is 52.6 Å². The van der Waals surface area contributed by atoms with Crippen LogP contribution in [-0.4, -0.2) is 43.0 Å². The SMILES string of the molecule is CCC(C)NC(=O)CN(C(C)(C)C)S(C)(=O)=O. The number of nitrogens with zero attached hydrogens (tertiary/aromatic N) is 1. The Balaban J connectivity index is 4.75. The highest BCUT2D eigenvalue weighted by Crippen LogP contribution is 2.16. The van der Waals surface area contributed by atoms with Crippen molar-refractivity contribution in [2.75, 3.05) is 12.8 Å². The average Bonchev–Trinajstić information content (AvgIpc) is 2.10. The normalized spacial score (nSPS) is 14.8. The third-order valence-electron chi connectivity index (χ3n) is 2.46. The molecule has 0 spiro atoms. The molecule has 0 saturated heterocycles. The minimum absolute atomic E-state index is 0.0591. The predicted octanol–water partition coefficient (Wildman–Crippen LogP) is 0.961. The molecule has 1 atom stereocenters. The topological polar surface area (TPSA) is 66.5 Å². The third-order valence-corrected chi connectivity index (χ3v) is 3.93. The molecule has 5 nitrogen and oxygen atoms in total. The van der Waals surface area contributed by atoms with Gasteiger partial charge in [0.2, 0.25) is 15.9 Å². The standard InChI is InChI=1S/C11H24N2O3S/c1-7-9(2)12-10(14)8-13(11(3,4)5)17(6,15)16/h9H,7-8H2,1-6H3,(H,12,14). The van der Waals surface area contributed by atoms with Gasteiger partial charge in [-0.2, -0.15) is 4.31 Å². The first-order chi connectivity index (χ1) is 7.48. The lowest BCUT2D eigenvalue weighted by Gasteiger charge is -2.32. The van der Waals surface area contributed by atoms with E-state index in [4.69, 9.17) is 0 Å². The number of carbonyl (C=O) groups is 1. The lowest BCUT2D eigenvalue weighted by molar-refractivity contribution is -0.122. The molecule has 0 bridgehead atoms. The molecular formula is C11H24N2O3S. The number of nitrogens with one attached hydrogen (secondary N) is 1. The Bertz CT molecular complexity index is 357. The molecule has 0 aromatic carbocycles. The molecule has 1 unspecified atom stereocenters. The lowest BCUT2D eigenvalue weighted by atomic mass is 10.1. The van der Waals surface area contributed by atoms with E-state index in [0.29, 0.717) is 0 Å². The number of hydrogen-bond donors (Lipinski definition) is 1. The Labute approximate surface area is 105 Å². The molecule has 0 saturated carbocycles. The van der Waals surface area contributed by atoms with Crippen molar-refractivity contribution in [3.8, 4) is 0 Å². The summed E-state index contributed by atoms with van der Waals surface area (Å²) in [5.74, 6) is -0.264. The van der Waals surface area contributed by atoms with E-state index in [1.807, 2.05) is 13.8 Å². The molecule has 0 aliphatic carbocycles. The molecule has 0 rings (SSSR count). The van der Waals surface area contributed by atoms with Gasteiger partial charge in [0.05, 0.1) is 12.8 Å². The Morgan fingerprint density at radius 3 is 2.12 bits per heavy atom. The highest BCUT2D eigenvalue weighted by atomic mass is 32.2. The molecule has 6 heteroatoms. The van der Waals surface area contributed by atoms with Crippen LogP contribution in [0.3, 0.4) is 0 Å². The van der Waals surface area contributed by atoms with Crippen LogP contribution in [-0.2, 0) is 14.8 Å². The van der Waals surface area contributed by atoms with Crippen molar-refractivity contribution < 1.29 is 13.2 Å². The maximum Gasteiger partial charge on any atom is 0.235 e. The average molecular weight is 264 g/mol. The number of rotatable bonds is 5. The highest BCUT2D eigenvalue weighted by Gasteiger charge is 2.31. The predicted molar refractivity (Wildman–Crippen MR) is 69.2 cm³/mol. The summed E-state index contributed by atoms with van der Waals surface area (Å²) < 4.78 is 24.4. The number of hydrogen-bond acceptors (Lipinski definition) is 3. The molecule has 1 amide bonds. The van der Waals surface area contributed by atoms with Gasteiger partial charge in [-0.1, -0.05) is 6.92 Å². The van der Waals surface area contributed by atoms with Crippen molar-refractivity contribution in [3.63, 3.8) is 0 Å². The van der Waals surface area contributed by atoms with Gasteiger partial charge in [0.25, 0.3) is 0 Å². The van der Waals surface area contributed by atoms with E-state index >= 15 is 0 Å². The zero-order valence-corrected chi connectivity index (χ0v) is 12.4. The van der Waals surface area contributed by atoms with Gasteiger partial charge in [-0.15, -0.1) is 0 Å². The van der Waals surface area contributed by atoms with Crippen molar-refractivity contribution in [2.24, 2.45) is 0 Å². The van der Waals surface area contributed by atoms with Crippen LogP contribution in [0, 0.1) is 0 Å². The minimum Gasteiger partial charge on any atom is -0.353 e. The summed E-state index contributed by atoms with van der Waals surface area (Å²) in [5.41, 5.74) is -0.597. The van der Waals surface area contributed by atoms with Crippen LogP contribution in [0.5, 0.6) is 0 Å². The van der Waals surface area contributed by atoms with Crippen LogP contribution < -0.4 is 5.32 Å². The molecule has 102 valence electrons. The lowest BCUT2D eigenvalue weighted by Crippen LogP contribution is -2.50. The Morgan fingerprint density at radius 1 is 1.35 bits per heavy atom. The fourth-order valence-electron chi connectivity index (χ4n) is 1.40. The largest absolute Gasteiger partial charge is 0.353 e. The van der Waals surface area contributed by atoms with Gasteiger partial charge in [0.15, 0.2) is 0 Å². The van der Waals surface area contributed by atoms with Crippen LogP contribution in [0.4, 0.5) is 0 Å². The van der Waals surface area contributed by atoms with Crippen molar-refractivity contribution in [3.05, 3.63) is 0 Å². The Morgan fingerprint density at radius 2 is 1.82 bits per heavy atom. The van der Waals surface area contributed by atoms with Gasteiger partial charge >= 0.3 is 0 Å². The molecule has 0 aliphatic heterocycles. The van der Waals surface area contributed by atoms with Gasteiger partial charge in [0, 0.05) is 11.6 Å². The van der Waals surface area contributed by atoms with Crippen molar-refractivity contribution >= 4 is 15.9 Å². The maximum atomic E-state index is 11.7. The summed E-state index contributed by atoms with van der Waals surface area (Å²) in [6, 6.07) is 0.0591. The molecule has 1 N–H and O–H groups in total. The van der Waals surface area contributed by atoms with E-state index in [-0.39, 0.29) is 18.5 Å². The third kappa shape index (κ3) is 6.02. The molecule has 0 fully saturated rings. The Kier molecular flexibility index (Phi) is 5.61. The zero-order chi connectivity index (χ0) is 13.9. The van der Waals surface area contributed by atoms with Gasteiger partial charge in [0.1, 0.15) is 0 Å². The van der Waals surface area contributed by atoms with Crippen LogP contribution in [0.25, 0.3) is 0 Å². The maximum absolute atomic E-state index is 11.7. The van der Waals surface area contributed by atoms with E-state index in [1.54, 1.807) is 20.8 Å². The highest BCUT2D eigenvalue weighted by molar-refractivity contribution is 7.88. The van der Waals surface area contributed by atoms with Crippen molar-refractivity contribution in [1.29, 1.82) is 0 Å². The monoisotopic (exact) mass is 264 g/mol. The summed E-state index contributed by atoms with van der Waals surface area (Å²) in [5, 5.41) is 2.76. The first-order valence-corrected chi connectivity index (χ1v) is 7.60. The minimum atomic E-state index is -3.39. The van der Waals surface area contributed by atoms with Gasteiger partial charge in [-0.05, 0) is 34.1 Å². The second-order valence-corrected chi connectivity index (χ2v) is 7.22. The fraction of sp³-hybridized carbons (Fsp3) is 0.909. The van der Waals surface area contributed by atoms with Crippen molar-refractivity contribution in [1.82, 2.24) is 9.62 Å². The molecule has 0 aromatic rings. The van der Waals surface area contributed by atoms with Crippen LogP contribution in [0.15, 0.2) is 0 Å². The molecular weight excluding hydrogens is 240 g/mol. The molecule has 0 aromatic heterocycles. The zero-order valence-electron chi connectivity index (χ0n) is 11.6. The van der Waals surface area contributed by atoms with Crippen LogP contribution in [0.2, 0.25) is 0 Å². The second kappa shape index (κ2) is 5.82. The number of carbonyl (C=O) groups excluding carboxylic acids is 1. The first-order valence-electron chi connectivity index (χ1n) is 5.75. The number of sulfonamides is 1. The van der Waals surface area contributed by atoms with Gasteiger partial charge < -0.3 is 5.32 Å². The van der Waals surface area contributed by atoms with Gasteiger partial charge in [-0.3, -0.25) is 4.79 Å². The molecule has 17 heavy (non-hydrogen) atoms. The molecule has 0 radical (unpaired) electrons. The van der Waals surface area contributed by atoms with E-state index < -0.39 is 15.6 Å². The first kappa shape index (κ1) is 16.4. The van der Waals surface area contributed by atoms with E-state index in [9.17, 15) is 13.2 Å². The summed E-state index contributed by atoms with van der Waals surface area (Å²) in [4.78, 5) is 11.7. The Hall–Kier alpha value is -0.620. The van der Waals surface area contributed by atoms with Crippen LogP contribution in [0.1, 0.15) is 41.0 Å². The van der Waals surface area contributed by atoms with Gasteiger partial charge in [-0.25, -0.2) is 8.42 Å². The van der Waals surface area contributed by atoms with E-state index in [0.717, 1.165) is 12.7 Å². The summed E-state index contributed by atoms with van der Waals surface area (Å²) in [7, 11) is -3.39. The quantitative estimate of drug-likeness (QED) is 0.804. The smallest absolute Gasteiger partial charge is 0.235 e. The number of amides is 1.